The molecule has 0 aromatic carbocycles. The summed E-state index contributed by atoms with van der Waals surface area (Å²) in [6.45, 7) is 6.65. The number of carbonyl (C=O) groups is 1. The number of rotatable bonds is 3. The van der Waals surface area contributed by atoms with Crippen molar-refractivity contribution in [2.45, 2.75) is 52.5 Å². The van der Waals surface area contributed by atoms with Crippen molar-refractivity contribution in [3.63, 3.8) is 0 Å². The largest absolute Gasteiger partial charge is 0.353 e. The van der Waals surface area contributed by atoms with Crippen molar-refractivity contribution in [1.29, 1.82) is 0 Å². The van der Waals surface area contributed by atoms with Crippen LogP contribution in [-0.4, -0.2) is 31.9 Å². The van der Waals surface area contributed by atoms with Crippen molar-refractivity contribution >= 4 is 15.7 Å². The summed E-state index contributed by atoms with van der Waals surface area (Å²) < 4.78 is 23.0. The highest BCUT2D eigenvalue weighted by molar-refractivity contribution is 7.91. The first-order valence-corrected chi connectivity index (χ1v) is 9.61. The topological polar surface area (TPSA) is 63.2 Å². The fourth-order valence-corrected chi connectivity index (χ4v) is 5.41. The number of sulfone groups is 1. The molecule has 5 heteroatoms. The molecular weight excluding hydrogens is 274 g/mol. The Morgan fingerprint density at radius 1 is 1.20 bits per heavy atom. The summed E-state index contributed by atoms with van der Waals surface area (Å²) in [6.07, 6.45) is 3.90. The van der Waals surface area contributed by atoms with E-state index in [0.717, 1.165) is 12.8 Å². The molecule has 2 rings (SSSR count). The normalized spacial score (nSPS) is 37.0. The first kappa shape index (κ1) is 15.8. The van der Waals surface area contributed by atoms with Crippen LogP contribution in [-0.2, 0) is 14.6 Å². The lowest BCUT2D eigenvalue weighted by molar-refractivity contribution is -0.125. The molecule has 4 nitrogen and oxygen atoms in total. The molecule has 1 saturated heterocycles. The van der Waals surface area contributed by atoms with Gasteiger partial charge in [-0.25, -0.2) is 8.42 Å². The van der Waals surface area contributed by atoms with Crippen molar-refractivity contribution in [2.24, 2.45) is 23.7 Å². The van der Waals surface area contributed by atoms with E-state index >= 15 is 0 Å². The van der Waals surface area contributed by atoms with Crippen LogP contribution in [0.2, 0.25) is 0 Å². The number of carbonyl (C=O) groups excluding carboxylic acids is 1. The van der Waals surface area contributed by atoms with Gasteiger partial charge < -0.3 is 5.32 Å². The van der Waals surface area contributed by atoms with E-state index in [9.17, 15) is 13.2 Å². The monoisotopic (exact) mass is 301 g/mol. The molecular formula is C15H27NO3S. The second kappa shape index (κ2) is 6.04. The van der Waals surface area contributed by atoms with Crippen LogP contribution in [0.25, 0.3) is 0 Å². The lowest BCUT2D eigenvalue weighted by Gasteiger charge is -2.38. The van der Waals surface area contributed by atoms with Gasteiger partial charge in [0.05, 0.1) is 17.4 Å². The maximum Gasteiger partial charge on any atom is 0.224 e. The van der Waals surface area contributed by atoms with Gasteiger partial charge in [-0.15, -0.1) is 0 Å². The Morgan fingerprint density at radius 3 is 2.45 bits per heavy atom. The molecule has 1 N–H and O–H groups in total. The van der Waals surface area contributed by atoms with Crippen molar-refractivity contribution in [3.8, 4) is 0 Å². The van der Waals surface area contributed by atoms with Crippen LogP contribution in [0.15, 0.2) is 0 Å². The molecule has 1 saturated carbocycles. The Bertz CT molecular complexity index is 458. The molecule has 20 heavy (non-hydrogen) atoms. The van der Waals surface area contributed by atoms with Crippen molar-refractivity contribution in [3.05, 3.63) is 0 Å². The lowest BCUT2D eigenvalue weighted by Crippen LogP contribution is -2.47. The van der Waals surface area contributed by atoms with Crippen LogP contribution in [0.3, 0.4) is 0 Å². The molecule has 0 radical (unpaired) electrons. The van der Waals surface area contributed by atoms with Gasteiger partial charge in [-0.3, -0.25) is 4.79 Å². The highest BCUT2D eigenvalue weighted by Gasteiger charge is 2.36. The smallest absolute Gasteiger partial charge is 0.224 e. The molecule has 2 fully saturated rings. The van der Waals surface area contributed by atoms with Crippen molar-refractivity contribution in [2.75, 3.05) is 11.5 Å². The predicted octanol–water partition coefficient (Wildman–Crippen LogP) is 2.00. The molecule has 2 aliphatic rings. The van der Waals surface area contributed by atoms with Gasteiger partial charge in [0.1, 0.15) is 0 Å². The number of hydrogen-bond donors (Lipinski definition) is 1. The summed E-state index contributed by atoms with van der Waals surface area (Å²) in [7, 11) is -2.98. The Hall–Kier alpha value is -0.580. The van der Waals surface area contributed by atoms with Gasteiger partial charge in [0.25, 0.3) is 0 Å². The average molecular weight is 301 g/mol. The van der Waals surface area contributed by atoms with Gasteiger partial charge >= 0.3 is 0 Å². The van der Waals surface area contributed by atoms with Gasteiger partial charge in [0.15, 0.2) is 9.84 Å². The van der Waals surface area contributed by atoms with E-state index in [1.807, 2.05) is 0 Å². The quantitative estimate of drug-likeness (QED) is 0.867. The molecule has 1 amide bonds. The maximum atomic E-state index is 12.3. The summed E-state index contributed by atoms with van der Waals surface area (Å²) >= 11 is 0. The van der Waals surface area contributed by atoms with E-state index in [2.05, 4.69) is 26.1 Å². The van der Waals surface area contributed by atoms with Crippen LogP contribution in [0.4, 0.5) is 0 Å². The van der Waals surface area contributed by atoms with Gasteiger partial charge in [0, 0.05) is 6.04 Å². The average Bonchev–Trinajstić information content (AvgIpc) is 2.69. The Kier molecular flexibility index (Phi) is 4.77. The third-order valence-corrected chi connectivity index (χ3v) is 6.72. The van der Waals surface area contributed by atoms with Crippen LogP contribution in [0.1, 0.15) is 46.5 Å². The fraction of sp³-hybridized carbons (Fsp3) is 0.933. The van der Waals surface area contributed by atoms with E-state index in [0.29, 0.717) is 24.2 Å². The number of nitrogens with one attached hydrogen (secondary N) is 1. The van der Waals surface area contributed by atoms with Gasteiger partial charge in [-0.05, 0) is 37.0 Å². The first-order chi connectivity index (χ1) is 9.28. The molecule has 0 aromatic rings. The van der Waals surface area contributed by atoms with Gasteiger partial charge in [-0.1, -0.05) is 27.2 Å². The van der Waals surface area contributed by atoms with E-state index < -0.39 is 9.84 Å². The summed E-state index contributed by atoms with van der Waals surface area (Å²) in [5.41, 5.74) is 0. The summed E-state index contributed by atoms with van der Waals surface area (Å²) in [5.74, 6) is 1.55. The third kappa shape index (κ3) is 3.74. The van der Waals surface area contributed by atoms with Gasteiger partial charge in [0.2, 0.25) is 5.91 Å². The second-order valence-electron chi connectivity index (χ2n) is 7.04. The first-order valence-electron chi connectivity index (χ1n) is 7.79. The zero-order valence-corrected chi connectivity index (χ0v) is 13.6. The molecule has 0 spiro atoms. The number of hydrogen-bond acceptors (Lipinski definition) is 3. The Balaban J connectivity index is 1.98. The molecule has 4 atom stereocenters. The van der Waals surface area contributed by atoms with E-state index in [4.69, 9.17) is 0 Å². The van der Waals surface area contributed by atoms with Crippen LogP contribution >= 0.6 is 0 Å². The molecule has 1 aliphatic carbocycles. The molecule has 0 aromatic heterocycles. The van der Waals surface area contributed by atoms with Crippen molar-refractivity contribution < 1.29 is 13.2 Å². The SMILES string of the molecule is CC(C)[C@H]1CC[C@@H](C)C[C@@H]1NC(=O)[C@H]1CCS(=O)(=O)C1. The molecule has 1 heterocycles. The molecule has 0 bridgehead atoms. The number of amides is 1. The minimum Gasteiger partial charge on any atom is -0.353 e. The fourth-order valence-electron chi connectivity index (χ4n) is 3.67. The third-order valence-electron chi connectivity index (χ3n) is 4.95. The van der Waals surface area contributed by atoms with E-state index in [-0.39, 0.29) is 29.4 Å². The summed E-state index contributed by atoms with van der Waals surface area (Å²) in [5, 5.41) is 3.16. The van der Waals surface area contributed by atoms with Crippen LogP contribution < -0.4 is 5.32 Å². The summed E-state index contributed by atoms with van der Waals surface area (Å²) in [6, 6.07) is 0.217. The summed E-state index contributed by atoms with van der Waals surface area (Å²) in [4.78, 5) is 12.3. The maximum absolute atomic E-state index is 12.3. The highest BCUT2D eigenvalue weighted by atomic mass is 32.2. The lowest BCUT2D eigenvalue weighted by atomic mass is 9.74. The zero-order valence-electron chi connectivity index (χ0n) is 12.8. The zero-order chi connectivity index (χ0) is 14.9. The molecule has 1 aliphatic heterocycles. The predicted molar refractivity (Wildman–Crippen MR) is 80.0 cm³/mol. The van der Waals surface area contributed by atoms with Crippen LogP contribution in [0, 0.1) is 23.7 Å². The minimum atomic E-state index is -2.98. The minimum absolute atomic E-state index is 0.0352. The van der Waals surface area contributed by atoms with E-state index in [1.54, 1.807) is 0 Å². The molecule has 116 valence electrons. The molecule has 0 unspecified atom stereocenters. The van der Waals surface area contributed by atoms with Crippen LogP contribution in [0.5, 0.6) is 0 Å². The highest BCUT2D eigenvalue weighted by Crippen LogP contribution is 2.33. The Labute approximate surface area is 122 Å². The van der Waals surface area contributed by atoms with Gasteiger partial charge in [-0.2, -0.15) is 0 Å². The van der Waals surface area contributed by atoms with Crippen molar-refractivity contribution in [1.82, 2.24) is 5.32 Å². The Morgan fingerprint density at radius 2 is 1.90 bits per heavy atom. The van der Waals surface area contributed by atoms with E-state index in [1.165, 1.54) is 6.42 Å². The second-order valence-corrected chi connectivity index (χ2v) is 9.27. The standard InChI is InChI=1S/C15H27NO3S/c1-10(2)13-5-4-11(3)8-14(13)16-15(17)12-6-7-20(18,19)9-12/h10-14H,4-9H2,1-3H3,(H,16,17)/t11-,12+,13-,14+/m1/s1.